The number of rotatable bonds is 4. The molecule has 0 spiro atoms. The molecule has 0 amide bonds. The van der Waals surface area contributed by atoms with Crippen molar-refractivity contribution in [3.63, 3.8) is 0 Å². The largest absolute Gasteiger partial charge is 0.490 e. The second-order valence-corrected chi connectivity index (χ2v) is 6.64. The lowest BCUT2D eigenvalue weighted by atomic mass is 9.76. The Morgan fingerprint density at radius 1 is 1.30 bits per heavy atom. The zero-order chi connectivity index (χ0) is 14.8. The molecule has 1 fully saturated rings. The summed E-state index contributed by atoms with van der Waals surface area (Å²) in [7, 11) is 1.84. The summed E-state index contributed by atoms with van der Waals surface area (Å²) in [5.41, 5.74) is 1.06. The molecule has 3 heteroatoms. The highest BCUT2D eigenvalue weighted by Gasteiger charge is 2.28. The van der Waals surface area contributed by atoms with Gasteiger partial charge in [0.05, 0.1) is 6.10 Å². The molecule has 0 heterocycles. The minimum absolute atomic E-state index is 0.0498. The standard InChI is InChI=1S/C17H26FNO/c1-12(19-4)16-14(18)6-5-7-15(16)20-13-8-10-17(2,3)11-9-13/h5-7,12-13,19H,8-11H2,1-4H3. The molecule has 1 aromatic carbocycles. The molecule has 1 aliphatic rings. The molecule has 0 bridgehead atoms. The third-order valence-electron chi connectivity index (χ3n) is 4.46. The third-order valence-corrected chi connectivity index (χ3v) is 4.46. The van der Waals surface area contributed by atoms with Crippen LogP contribution in [-0.2, 0) is 0 Å². The Kier molecular flexibility index (Phi) is 4.69. The summed E-state index contributed by atoms with van der Waals surface area (Å²) in [6.07, 6.45) is 4.66. The molecule has 0 aromatic heterocycles. The van der Waals surface area contributed by atoms with Gasteiger partial charge in [-0.15, -0.1) is 0 Å². The predicted molar refractivity (Wildman–Crippen MR) is 80.5 cm³/mol. The highest BCUT2D eigenvalue weighted by Crippen LogP contribution is 2.38. The predicted octanol–water partition coefficient (Wildman–Crippen LogP) is 4.45. The maximum atomic E-state index is 14.0. The van der Waals surface area contributed by atoms with Crippen molar-refractivity contribution in [2.24, 2.45) is 5.41 Å². The van der Waals surface area contributed by atoms with Crippen LogP contribution in [0.5, 0.6) is 5.75 Å². The molecule has 112 valence electrons. The molecule has 20 heavy (non-hydrogen) atoms. The fourth-order valence-corrected chi connectivity index (χ4v) is 2.85. The summed E-state index contributed by atoms with van der Waals surface area (Å²) in [5.74, 6) is 0.497. The number of benzene rings is 1. The van der Waals surface area contributed by atoms with Crippen molar-refractivity contribution in [2.45, 2.75) is 58.6 Å². The molecule has 0 saturated heterocycles. The smallest absolute Gasteiger partial charge is 0.131 e. The van der Waals surface area contributed by atoms with E-state index in [1.54, 1.807) is 6.07 Å². The van der Waals surface area contributed by atoms with E-state index in [0.29, 0.717) is 16.7 Å². The van der Waals surface area contributed by atoms with Crippen LogP contribution in [-0.4, -0.2) is 13.2 Å². The summed E-state index contributed by atoms with van der Waals surface area (Å²) < 4.78 is 20.1. The number of halogens is 1. The average Bonchev–Trinajstić information content (AvgIpc) is 2.41. The quantitative estimate of drug-likeness (QED) is 0.879. The van der Waals surface area contributed by atoms with Gasteiger partial charge in [-0.3, -0.25) is 0 Å². The zero-order valence-electron chi connectivity index (χ0n) is 13.0. The fraction of sp³-hybridized carbons (Fsp3) is 0.647. The van der Waals surface area contributed by atoms with E-state index < -0.39 is 0 Å². The van der Waals surface area contributed by atoms with Gasteiger partial charge in [0, 0.05) is 11.6 Å². The number of ether oxygens (including phenoxy) is 1. The Labute approximate surface area is 121 Å². The Hall–Kier alpha value is -1.09. The van der Waals surface area contributed by atoms with E-state index in [1.807, 2.05) is 20.0 Å². The first kappa shape index (κ1) is 15.3. The molecule has 1 aromatic rings. The van der Waals surface area contributed by atoms with Gasteiger partial charge in [-0.1, -0.05) is 19.9 Å². The van der Waals surface area contributed by atoms with Gasteiger partial charge in [-0.05, 0) is 57.2 Å². The van der Waals surface area contributed by atoms with Crippen LogP contribution < -0.4 is 10.1 Å². The van der Waals surface area contributed by atoms with E-state index in [9.17, 15) is 4.39 Å². The van der Waals surface area contributed by atoms with E-state index in [2.05, 4.69) is 19.2 Å². The van der Waals surface area contributed by atoms with Crippen LogP contribution in [0.15, 0.2) is 18.2 Å². The van der Waals surface area contributed by atoms with E-state index in [4.69, 9.17) is 4.74 Å². The Morgan fingerprint density at radius 2 is 1.95 bits per heavy atom. The first-order valence-corrected chi connectivity index (χ1v) is 7.55. The maximum Gasteiger partial charge on any atom is 0.131 e. The van der Waals surface area contributed by atoms with Crippen LogP contribution in [0, 0.1) is 11.2 Å². The SMILES string of the molecule is CNC(C)c1c(F)cccc1OC1CCC(C)(C)CC1. The van der Waals surface area contributed by atoms with E-state index in [-0.39, 0.29) is 18.0 Å². The van der Waals surface area contributed by atoms with Crippen molar-refractivity contribution in [1.29, 1.82) is 0 Å². The molecular formula is C17H26FNO. The summed E-state index contributed by atoms with van der Waals surface area (Å²) >= 11 is 0. The van der Waals surface area contributed by atoms with Crippen LogP contribution in [0.4, 0.5) is 4.39 Å². The second-order valence-electron chi connectivity index (χ2n) is 6.64. The highest BCUT2D eigenvalue weighted by atomic mass is 19.1. The average molecular weight is 279 g/mol. The van der Waals surface area contributed by atoms with Gasteiger partial charge in [0.25, 0.3) is 0 Å². The van der Waals surface area contributed by atoms with Crippen molar-refractivity contribution >= 4 is 0 Å². The first-order valence-electron chi connectivity index (χ1n) is 7.55. The molecule has 1 N–H and O–H groups in total. The van der Waals surface area contributed by atoms with E-state index in [0.717, 1.165) is 12.8 Å². The fourth-order valence-electron chi connectivity index (χ4n) is 2.85. The van der Waals surface area contributed by atoms with Gasteiger partial charge >= 0.3 is 0 Å². The number of hydrogen-bond donors (Lipinski definition) is 1. The topological polar surface area (TPSA) is 21.3 Å². The van der Waals surface area contributed by atoms with Gasteiger partial charge < -0.3 is 10.1 Å². The van der Waals surface area contributed by atoms with Crippen molar-refractivity contribution in [1.82, 2.24) is 5.32 Å². The van der Waals surface area contributed by atoms with Crippen molar-refractivity contribution in [3.05, 3.63) is 29.6 Å². The van der Waals surface area contributed by atoms with Crippen LogP contribution >= 0.6 is 0 Å². The maximum absolute atomic E-state index is 14.0. The van der Waals surface area contributed by atoms with Crippen LogP contribution in [0.1, 0.15) is 58.1 Å². The monoisotopic (exact) mass is 279 g/mol. The zero-order valence-corrected chi connectivity index (χ0v) is 13.0. The van der Waals surface area contributed by atoms with Gasteiger partial charge in [-0.2, -0.15) is 0 Å². The van der Waals surface area contributed by atoms with Crippen LogP contribution in [0.3, 0.4) is 0 Å². The highest BCUT2D eigenvalue weighted by molar-refractivity contribution is 5.37. The summed E-state index contributed by atoms with van der Waals surface area (Å²) in [5, 5.41) is 3.09. The van der Waals surface area contributed by atoms with Crippen molar-refractivity contribution < 1.29 is 9.13 Å². The van der Waals surface area contributed by atoms with Gasteiger partial charge in [0.2, 0.25) is 0 Å². The van der Waals surface area contributed by atoms with Crippen LogP contribution in [0.25, 0.3) is 0 Å². The molecule has 2 nitrogen and oxygen atoms in total. The van der Waals surface area contributed by atoms with Crippen molar-refractivity contribution in [3.8, 4) is 5.75 Å². The number of nitrogens with one attached hydrogen (secondary N) is 1. The summed E-state index contributed by atoms with van der Waals surface area (Å²) in [6.45, 7) is 6.56. The molecule has 0 radical (unpaired) electrons. The lowest BCUT2D eigenvalue weighted by Crippen LogP contribution is -2.29. The van der Waals surface area contributed by atoms with E-state index in [1.165, 1.54) is 18.9 Å². The lowest BCUT2D eigenvalue weighted by molar-refractivity contribution is 0.0971. The van der Waals surface area contributed by atoms with Gasteiger partial charge in [0.15, 0.2) is 0 Å². The Morgan fingerprint density at radius 3 is 2.55 bits per heavy atom. The van der Waals surface area contributed by atoms with E-state index >= 15 is 0 Å². The minimum Gasteiger partial charge on any atom is -0.490 e. The molecule has 1 saturated carbocycles. The Balaban J connectivity index is 2.12. The lowest BCUT2D eigenvalue weighted by Gasteiger charge is -2.34. The normalized spacial score (nSPS) is 20.6. The minimum atomic E-state index is -0.194. The van der Waals surface area contributed by atoms with Gasteiger partial charge in [0.1, 0.15) is 11.6 Å². The second kappa shape index (κ2) is 6.13. The Bertz CT molecular complexity index is 448. The van der Waals surface area contributed by atoms with Crippen molar-refractivity contribution in [2.75, 3.05) is 7.05 Å². The van der Waals surface area contributed by atoms with Crippen LogP contribution in [0.2, 0.25) is 0 Å². The molecule has 1 unspecified atom stereocenters. The molecule has 0 aliphatic heterocycles. The molecular weight excluding hydrogens is 253 g/mol. The molecule has 1 aliphatic carbocycles. The molecule has 1 atom stereocenters. The molecule has 2 rings (SSSR count). The summed E-state index contributed by atoms with van der Waals surface area (Å²) in [4.78, 5) is 0. The summed E-state index contributed by atoms with van der Waals surface area (Å²) in [6, 6.07) is 5.06. The van der Waals surface area contributed by atoms with Gasteiger partial charge in [-0.25, -0.2) is 4.39 Å². The third kappa shape index (κ3) is 3.51. The first-order chi connectivity index (χ1) is 9.43. The number of hydrogen-bond acceptors (Lipinski definition) is 2.